The molecule has 2 saturated carbocycles. The van der Waals surface area contributed by atoms with Crippen molar-refractivity contribution in [1.29, 1.82) is 5.26 Å². The number of benzene rings is 1. The molecule has 3 rings (SSSR count). The molecule has 2 amide bonds. The molecule has 1 aromatic rings. The molecule has 2 N–H and O–H groups in total. The van der Waals surface area contributed by atoms with Crippen molar-refractivity contribution >= 4 is 11.8 Å². The van der Waals surface area contributed by atoms with Crippen molar-refractivity contribution in [1.82, 2.24) is 10.6 Å². The van der Waals surface area contributed by atoms with Crippen LogP contribution in [0.5, 0.6) is 17.2 Å². The Morgan fingerprint density at radius 1 is 1.03 bits per heavy atom. The second kappa shape index (κ2) is 9.70. The summed E-state index contributed by atoms with van der Waals surface area (Å²) in [4.78, 5) is 25.8. The molecule has 8 nitrogen and oxygen atoms in total. The molecule has 2 aliphatic carbocycles. The third-order valence-electron chi connectivity index (χ3n) is 5.88. The normalized spacial score (nSPS) is 21.7. The SMILES string of the molecule is COc1cc(C(=O)NC2CCCCC2C(=O)NC(C#N)C2CC2)cc(OC)c1OC. The van der Waals surface area contributed by atoms with Crippen molar-refractivity contribution in [2.75, 3.05) is 21.3 Å². The summed E-state index contributed by atoms with van der Waals surface area (Å²) < 4.78 is 15.9. The van der Waals surface area contributed by atoms with Gasteiger partial charge in [0.2, 0.25) is 11.7 Å². The van der Waals surface area contributed by atoms with Crippen molar-refractivity contribution in [2.24, 2.45) is 11.8 Å². The van der Waals surface area contributed by atoms with Gasteiger partial charge >= 0.3 is 0 Å². The lowest BCUT2D eigenvalue weighted by Gasteiger charge is -2.32. The summed E-state index contributed by atoms with van der Waals surface area (Å²) in [6.07, 6.45) is 5.22. The second-order valence-corrected chi connectivity index (χ2v) is 7.84. The van der Waals surface area contributed by atoms with Crippen LogP contribution in [0.1, 0.15) is 48.9 Å². The summed E-state index contributed by atoms with van der Waals surface area (Å²) in [5, 5.41) is 15.2. The van der Waals surface area contributed by atoms with Crippen LogP contribution in [0.3, 0.4) is 0 Å². The van der Waals surface area contributed by atoms with E-state index in [0.29, 0.717) is 29.2 Å². The van der Waals surface area contributed by atoms with Crippen molar-refractivity contribution in [3.05, 3.63) is 17.7 Å². The van der Waals surface area contributed by atoms with Crippen LogP contribution in [-0.4, -0.2) is 45.2 Å². The maximum absolute atomic E-state index is 13.0. The van der Waals surface area contributed by atoms with Crippen molar-refractivity contribution < 1.29 is 23.8 Å². The standard InChI is InChI=1S/C22H29N3O5/c1-28-18-10-14(11-19(29-2)20(18)30-3)21(26)24-16-7-5-4-6-15(16)22(27)25-17(12-23)13-8-9-13/h10-11,13,15-17H,4-9H2,1-3H3,(H,24,26)(H,25,27). The van der Waals surface area contributed by atoms with E-state index >= 15 is 0 Å². The number of hydrogen-bond acceptors (Lipinski definition) is 6. The Hall–Kier alpha value is -2.95. The van der Waals surface area contributed by atoms with E-state index in [2.05, 4.69) is 16.7 Å². The fourth-order valence-corrected chi connectivity index (χ4v) is 4.03. The molecule has 0 aromatic heterocycles. The van der Waals surface area contributed by atoms with E-state index < -0.39 is 6.04 Å². The first-order valence-electron chi connectivity index (χ1n) is 10.3. The monoisotopic (exact) mass is 415 g/mol. The minimum atomic E-state index is -0.439. The predicted octanol–water partition coefficient (Wildman–Crippen LogP) is 2.42. The van der Waals surface area contributed by atoms with Gasteiger partial charge in [-0.15, -0.1) is 0 Å². The Kier molecular flexibility index (Phi) is 7.03. The molecule has 2 fully saturated rings. The third-order valence-corrected chi connectivity index (χ3v) is 5.88. The van der Waals surface area contributed by atoms with Crippen LogP contribution in [0, 0.1) is 23.2 Å². The summed E-state index contributed by atoms with van der Waals surface area (Å²) in [6.45, 7) is 0. The predicted molar refractivity (Wildman–Crippen MR) is 110 cm³/mol. The molecular weight excluding hydrogens is 386 g/mol. The number of amides is 2. The van der Waals surface area contributed by atoms with Gasteiger partial charge in [-0.1, -0.05) is 12.8 Å². The topological polar surface area (TPSA) is 110 Å². The maximum atomic E-state index is 13.0. The second-order valence-electron chi connectivity index (χ2n) is 7.84. The highest BCUT2D eigenvalue weighted by atomic mass is 16.5. The number of carbonyl (C=O) groups excluding carboxylic acids is 2. The first-order valence-corrected chi connectivity index (χ1v) is 10.3. The molecule has 0 heterocycles. The number of nitriles is 1. The first kappa shape index (κ1) is 21.8. The number of hydrogen-bond donors (Lipinski definition) is 2. The molecule has 2 aliphatic rings. The van der Waals surface area contributed by atoms with Crippen LogP contribution >= 0.6 is 0 Å². The van der Waals surface area contributed by atoms with Gasteiger partial charge < -0.3 is 24.8 Å². The van der Waals surface area contributed by atoms with Gasteiger partial charge in [-0.05, 0) is 43.7 Å². The number of methoxy groups -OCH3 is 3. The molecule has 162 valence electrons. The van der Waals surface area contributed by atoms with Gasteiger partial charge in [-0.2, -0.15) is 5.26 Å². The third kappa shape index (κ3) is 4.78. The van der Waals surface area contributed by atoms with Gasteiger partial charge in [0.15, 0.2) is 11.5 Å². The number of carbonyl (C=O) groups is 2. The lowest BCUT2D eigenvalue weighted by molar-refractivity contribution is -0.127. The zero-order valence-electron chi connectivity index (χ0n) is 17.7. The molecule has 8 heteroatoms. The number of rotatable bonds is 8. The molecule has 0 spiro atoms. The molecule has 0 aliphatic heterocycles. The molecule has 3 atom stereocenters. The lowest BCUT2D eigenvalue weighted by Crippen LogP contribution is -2.50. The zero-order chi connectivity index (χ0) is 21.7. The Morgan fingerprint density at radius 2 is 1.67 bits per heavy atom. The Labute approximate surface area is 176 Å². The average Bonchev–Trinajstić information content (AvgIpc) is 3.61. The Morgan fingerprint density at radius 3 is 2.20 bits per heavy atom. The van der Waals surface area contributed by atoms with Crippen LogP contribution in [0.25, 0.3) is 0 Å². The van der Waals surface area contributed by atoms with Crippen LogP contribution < -0.4 is 24.8 Å². The van der Waals surface area contributed by atoms with Crippen molar-refractivity contribution in [3.63, 3.8) is 0 Å². The van der Waals surface area contributed by atoms with Crippen LogP contribution in [0.2, 0.25) is 0 Å². The quantitative estimate of drug-likeness (QED) is 0.675. The van der Waals surface area contributed by atoms with E-state index in [1.807, 2.05) is 0 Å². The summed E-state index contributed by atoms with van der Waals surface area (Å²) >= 11 is 0. The highest BCUT2D eigenvalue weighted by Gasteiger charge is 2.37. The molecule has 1 aromatic carbocycles. The van der Waals surface area contributed by atoms with Crippen molar-refractivity contribution in [2.45, 2.75) is 50.6 Å². The van der Waals surface area contributed by atoms with E-state index in [-0.39, 0.29) is 29.7 Å². The fourth-order valence-electron chi connectivity index (χ4n) is 4.03. The lowest BCUT2D eigenvalue weighted by atomic mass is 9.83. The van der Waals surface area contributed by atoms with E-state index in [1.54, 1.807) is 12.1 Å². The molecular formula is C22H29N3O5. The van der Waals surface area contributed by atoms with E-state index in [9.17, 15) is 14.9 Å². The zero-order valence-corrected chi connectivity index (χ0v) is 17.7. The van der Waals surface area contributed by atoms with E-state index in [1.165, 1.54) is 21.3 Å². The first-order chi connectivity index (χ1) is 14.5. The fraction of sp³-hybridized carbons (Fsp3) is 0.591. The highest BCUT2D eigenvalue weighted by Crippen LogP contribution is 2.38. The van der Waals surface area contributed by atoms with Crippen LogP contribution in [-0.2, 0) is 4.79 Å². The largest absolute Gasteiger partial charge is 0.493 e. The number of ether oxygens (including phenoxy) is 3. The Balaban J connectivity index is 1.73. The summed E-state index contributed by atoms with van der Waals surface area (Å²) in [5.74, 6) is 0.645. The van der Waals surface area contributed by atoms with Crippen LogP contribution in [0.4, 0.5) is 0 Å². The van der Waals surface area contributed by atoms with Gasteiger partial charge in [-0.3, -0.25) is 9.59 Å². The summed E-state index contributed by atoms with van der Waals surface area (Å²) in [6, 6.07) is 4.65. The molecule has 30 heavy (non-hydrogen) atoms. The van der Waals surface area contributed by atoms with Gasteiger partial charge in [0, 0.05) is 11.6 Å². The number of nitrogens with zero attached hydrogens (tertiary/aromatic N) is 1. The summed E-state index contributed by atoms with van der Waals surface area (Å²) in [7, 11) is 4.49. The van der Waals surface area contributed by atoms with Gasteiger partial charge in [0.1, 0.15) is 6.04 Å². The van der Waals surface area contributed by atoms with Crippen LogP contribution in [0.15, 0.2) is 12.1 Å². The van der Waals surface area contributed by atoms with E-state index in [4.69, 9.17) is 14.2 Å². The van der Waals surface area contributed by atoms with E-state index in [0.717, 1.165) is 32.1 Å². The van der Waals surface area contributed by atoms with Gasteiger partial charge in [-0.25, -0.2) is 0 Å². The number of nitrogens with one attached hydrogen (secondary N) is 2. The smallest absolute Gasteiger partial charge is 0.251 e. The minimum absolute atomic E-state index is 0.150. The minimum Gasteiger partial charge on any atom is -0.493 e. The van der Waals surface area contributed by atoms with Crippen molar-refractivity contribution in [3.8, 4) is 23.3 Å². The Bertz CT molecular complexity index is 806. The molecule has 0 bridgehead atoms. The molecule has 0 saturated heterocycles. The van der Waals surface area contributed by atoms with Gasteiger partial charge in [0.25, 0.3) is 5.91 Å². The average molecular weight is 415 g/mol. The maximum Gasteiger partial charge on any atom is 0.251 e. The van der Waals surface area contributed by atoms with Gasteiger partial charge in [0.05, 0.1) is 33.3 Å². The molecule has 3 unspecified atom stereocenters. The highest BCUT2D eigenvalue weighted by molar-refractivity contribution is 5.96. The summed E-state index contributed by atoms with van der Waals surface area (Å²) in [5.41, 5.74) is 0.363. The molecule has 0 radical (unpaired) electrons.